The van der Waals surface area contributed by atoms with Gasteiger partial charge in [0.05, 0.1) is 0 Å². The smallest absolute Gasteiger partial charge is 0.348 e. The third kappa shape index (κ3) is 2.48. The summed E-state index contributed by atoms with van der Waals surface area (Å²) in [5, 5.41) is 3.11. The number of aromatic nitrogens is 1. The van der Waals surface area contributed by atoms with Gasteiger partial charge in [0.15, 0.2) is 0 Å². The third-order valence-electron chi connectivity index (χ3n) is 4.31. The number of rotatable bonds is 1. The van der Waals surface area contributed by atoms with E-state index >= 15 is 0 Å². The number of carbonyl (C=O) groups is 1. The Morgan fingerprint density at radius 1 is 0.960 bits per heavy atom. The highest BCUT2D eigenvalue weighted by Crippen LogP contribution is 2.32. The molecule has 25 heavy (non-hydrogen) atoms. The van der Waals surface area contributed by atoms with Gasteiger partial charge in [0, 0.05) is 17.5 Å². The molecule has 0 atom stereocenters. The van der Waals surface area contributed by atoms with E-state index in [0.29, 0.717) is 17.7 Å². The van der Waals surface area contributed by atoms with Gasteiger partial charge in [-0.25, -0.2) is 0 Å². The minimum atomic E-state index is -4.61. The van der Waals surface area contributed by atoms with E-state index in [4.69, 9.17) is 0 Å². The Balaban J connectivity index is 1.91. The molecule has 2 heterocycles. The summed E-state index contributed by atoms with van der Waals surface area (Å²) in [7, 11) is 0. The first kappa shape index (κ1) is 15.4. The zero-order valence-electron chi connectivity index (χ0n) is 12.7. The van der Waals surface area contributed by atoms with Crippen LogP contribution in [0.25, 0.3) is 21.9 Å². The highest BCUT2D eigenvalue weighted by molar-refractivity contribution is 6.01. The van der Waals surface area contributed by atoms with Crippen LogP contribution in [0.4, 0.5) is 13.2 Å². The normalized spacial score (nSPS) is 13.8. The second-order valence-electron chi connectivity index (χ2n) is 5.83. The standard InChI is InChI=1S/C18H11F3N2O2/c19-18(20,21)15-7-10-5-4-9(6-13(10)17(25)23-15)11-2-1-3-12-14(11)8-22-16(12)24/h1-7H,8H2,(H,22,24)(H,23,25). The van der Waals surface area contributed by atoms with Crippen molar-refractivity contribution in [1.82, 2.24) is 10.3 Å². The maximum Gasteiger partial charge on any atom is 0.431 e. The summed E-state index contributed by atoms with van der Waals surface area (Å²) in [5.74, 6) is -0.162. The van der Waals surface area contributed by atoms with Crippen LogP contribution in [0.1, 0.15) is 21.6 Å². The molecule has 0 fully saturated rings. The molecule has 7 heteroatoms. The molecule has 1 aliphatic heterocycles. The lowest BCUT2D eigenvalue weighted by Crippen LogP contribution is -2.16. The Labute approximate surface area is 139 Å². The molecule has 126 valence electrons. The number of hydrogen-bond donors (Lipinski definition) is 2. The van der Waals surface area contributed by atoms with E-state index in [0.717, 1.165) is 17.2 Å². The number of fused-ring (bicyclic) bond motifs is 2. The number of pyridine rings is 1. The molecule has 1 aliphatic rings. The number of hydrogen-bond acceptors (Lipinski definition) is 2. The highest BCUT2D eigenvalue weighted by Gasteiger charge is 2.32. The lowest BCUT2D eigenvalue weighted by atomic mass is 9.95. The Kier molecular flexibility index (Phi) is 3.21. The first-order chi connectivity index (χ1) is 11.8. The van der Waals surface area contributed by atoms with Gasteiger partial charge in [-0.05, 0) is 40.3 Å². The van der Waals surface area contributed by atoms with Crippen LogP contribution in [0.3, 0.4) is 0 Å². The van der Waals surface area contributed by atoms with Crippen LogP contribution in [-0.4, -0.2) is 10.9 Å². The summed E-state index contributed by atoms with van der Waals surface area (Å²) in [5.41, 5.74) is 0.957. The SMILES string of the molecule is O=C1NCc2c1cccc2-c1ccc2cc(C(F)(F)F)[nH]c(=O)c2c1. The monoisotopic (exact) mass is 344 g/mol. The topological polar surface area (TPSA) is 62.0 Å². The molecule has 4 nitrogen and oxygen atoms in total. The second-order valence-corrected chi connectivity index (χ2v) is 5.83. The van der Waals surface area contributed by atoms with Crippen molar-refractivity contribution in [3.05, 3.63) is 69.6 Å². The van der Waals surface area contributed by atoms with E-state index in [1.54, 1.807) is 24.3 Å². The van der Waals surface area contributed by atoms with Crippen LogP contribution in [0.5, 0.6) is 0 Å². The summed E-state index contributed by atoms with van der Waals surface area (Å²) >= 11 is 0. The fourth-order valence-electron chi connectivity index (χ4n) is 3.10. The highest BCUT2D eigenvalue weighted by atomic mass is 19.4. The first-order valence-electron chi connectivity index (χ1n) is 7.49. The van der Waals surface area contributed by atoms with Crippen LogP contribution in [0, 0.1) is 0 Å². The van der Waals surface area contributed by atoms with Crippen molar-refractivity contribution in [2.75, 3.05) is 0 Å². The molecule has 1 aromatic heterocycles. The third-order valence-corrected chi connectivity index (χ3v) is 4.31. The van der Waals surface area contributed by atoms with Gasteiger partial charge in [-0.3, -0.25) is 9.59 Å². The summed E-state index contributed by atoms with van der Waals surface area (Å²) in [4.78, 5) is 25.7. The van der Waals surface area contributed by atoms with Crippen molar-refractivity contribution < 1.29 is 18.0 Å². The van der Waals surface area contributed by atoms with Crippen LogP contribution >= 0.6 is 0 Å². The molecule has 1 amide bonds. The Morgan fingerprint density at radius 2 is 1.72 bits per heavy atom. The zero-order valence-corrected chi connectivity index (χ0v) is 12.7. The summed E-state index contributed by atoms with van der Waals surface area (Å²) in [6.07, 6.45) is -4.61. The van der Waals surface area contributed by atoms with E-state index in [1.165, 1.54) is 6.07 Å². The number of H-pyrrole nitrogens is 1. The first-order valence-corrected chi connectivity index (χ1v) is 7.49. The van der Waals surface area contributed by atoms with Gasteiger partial charge in [0.25, 0.3) is 11.5 Å². The van der Waals surface area contributed by atoms with Gasteiger partial charge < -0.3 is 10.3 Å². The molecule has 0 spiro atoms. The lowest BCUT2D eigenvalue weighted by Gasteiger charge is -2.10. The van der Waals surface area contributed by atoms with Crippen LogP contribution in [0.15, 0.2) is 47.3 Å². The maximum atomic E-state index is 12.8. The maximum absolute atomic E-state index is 12.8. The van der Waals surface area contributed by atoms with Crippen molar-refractivity contribution in [3.8, 4) is 11.1 Å². The average Bonchev–Trinajstić information content (AvgIpc) is 2.95. The van der Waals surface area contributed by atoms with Gasteiger partial charge >= 0.3 is 6.18 Å². The summed E-state index contributed by atoms with van der Waals surface area (Å²) in [6.45, 7) is 0.381. The Morgan fingerprint density at radius 3 is 2.48 bits per heavy atom. The molecule has 2 N–H and O–H groups in total. The largest absolute Gasteiger partial charge is 0.431 e. The van der Waals surface area contributed by atoms with Crippen molar-refractivity contribution in [2.24, 2.45) is 0 Å². The average molecular weight is 344 g/mol. The van der Waals surface area contributed by atoms with Gasteiger partial charge in [-0.2, -0.15) is 13.2 Å². The zero-order chi connectivity index (χ0) is 17.8. The molecule has 0 unspecified atom stereocenters. The molecular formula is C18H11F3N2O2. The Hall–Kier alpha value is -3.09. The predicted octanol–water partition coefficient (Wildman–Crippen LogP) is 3.46. The minimum absolute atomic E-state index is 0.162. The van der Waals surface area contributed by atoms with E-state index in [2.05, 4.69) is 5.32 Å². The number of benzene rings is 2. The van der Waals surface area contributed by atoms with Crippen LogP contribution < -0.4 is 10.9 Å². The minimum Gasteiger partial charge on any atom is -0.348 e. The molecule has 4 rings (SSSR count). The number of halogens is 3. The van der Waals surface area contributed by atoms with Gasteiger partial charge in [-0.15, -0.1) is 0 Å². The molecule has 0 saturated heterocycles. The van der Waals surface area contributed by atoms with E-state index in [1.807, 2.05) is 11.1 Å². The van der Waals surface area contributed by atoms with Gasteiger partial charge in [-0.1, -0.05) is 24.3 Å². The van der Waals surface area contributed by atoms with Gasteiger partial charge in [0.1, 0.15) is 5.69 Å². The fourth-order valence-corrected chi connectivity index (χ4v) is 3.10. The molecular weight excluding hydrogens is 333 g/mol. The Bertz CT molecular complexity index is 1080. The number of alkyl halides is 3. The molecule has 0 aliphatic carbocycles. The van der Waals surface area contributed by atoms with E-state index in [9.17, 15) is 22.8 Å². The van der Waals surface area contributed by atoms with Crippen molar-refractivity contribution in [2.45, 2.75) is 12.7 Å². The quantitative estimate of drug-likeness (QED) is 0.710. The summed E-state index contributed by atoms with van der Waals surface area (Å²) in [6, 6.07) is 10.9. The van der Waals surface area contributed by atoms with Crippen LogP contribution in [0.2, 0.25) is 0 Å². The number of nitrogens with one attached hydrogen (secondary N) is 2. The van der Waals surface area contributed by atoms with E-state index in [-0.39, 0.29) is 16.7 Å². The number of carbonyl (C=O) groups excluding carboxylic acids is 1. The molecule has 3 aromatic rings. The molecule has 0 radical (unpaired) electrons. The van der Waals surface area contributed by atoms with Crippen molar-refractivity contribution in [3.63, 3.8) is 0 Å². The van der Waals surface area contributed by atoms with Crippen LogP contribution in [-0.2, 0) is 12.7 Å². The van der Waals surface area contributed by atoms with Crippen molar-refractivity contribution in [1.29, 1.82) is 0 Å². The summed E-state index contributed by atoms with van der Waals surface area (Å²) < 4.78 is 38.5. The molecule has 0 saturated carbocycles. The molecule has 2 aromatic carbocycles. The molecule has 0 bridgehead atoms. The number of aromatic amines is 1. The van der Waals surface area contributed by atoms with Crippen molar-refractivity contribution >= 4 is 16.7 Å². The fraction of sp³-hybridized carbons (Fsp3) is 0.111. The van der Waals surface area contributed by atoms with Gasteiger partial charge in [0.2, 0.25) is 0 Å². The van der Waals surface area contributed by atoms with E-state index < -0.39 is 17.4 Å². The second kappa shape index (κ2) is 5.20. The predicted molar refractivity (Wildman–Crippen MR) is 86.2 cm³/mol. The lowest BCUT2D eigenvalue weighted by molar-refractivity contribution is -0.141. The number of amides is 1.